The molecule has 0 aromatic heterocycles. The molecule has 21 heavy (non-hydrogen) atoms. The van der Waals surface area contributed by atoms with Crippen molar-refractivity contribution < 1.29 is 9.53 Å². The van der Waals surface area contributed by atoms with Crippen LogP contribution in [0.25, 0.3) is 0 Å². The molecule has 1 aliphatic rings. The topological polar surface area (TPSA) is 55.6 Å². The van der Waals surface area contributed by atoms with Crippen LogP contribution in [0.5, 0.6) is 0 Å². The van der Waals surface area contributed by atoms with Crippen molar-refractivity contribution in [3.05, 3.63) is 23.8 Å². The zero-order valence-electron chi connectivity index (χ0n) is 13.1. The molecule has 1 aromatic carbocycles. The van der Waals surface area contributed by atoms with Crippen LogP contribution in [0.3, 0.4) is 0 Å². The zero-order valence-corrected chi connectivity index (χ0v) is 13.1. The Morgan fingerprint density at radius 2 is 2.00 bits per heavy atom. The highest BCUT2D eigenvalue weighted by atomic mass is 16.5. The number of rotatable bonds is 5. The molecule has 2 N–H and O–H groups in total. The highest BCUT2D eigenvalue weighted by molar-refractivity contribution is 5.96. The van der Waals surface area contributed by atoms with Gasteiger partial charge in [0.25, 0.3) is 0 Å². The third kappa shape index (κ3) is 3.69. The molecule has 0 amide bonds. The predicted octanol–water partition coefficient (Wildman–Crippen LogP) is 3.60. The first-order valence-corrected chi connectivity index (χ1v) is 8.00. The molecule has 0 saturated heterocycles. The summed E-state index contributed by atoms with van der Waals surface area (Å²) >= 11 is 0. The maximum absolute atomic E-state index is 12.0. The lowest BCUT2D eigenvalue weighted by molar-refractivity contribution is 0.0527. The van der Waals surface area contributed by atoms with Crippen LogP contribution in [0.2, 0.25) is 0 Å². The van der Waals surface area contributed by atoms with Crippen LogP contribution in [0.4, 0.5) is 11.4 Å². The van der Waals surface area contributed by atoms with E-state index >= 15 is 0 Å². The molecule has 0 bridgehead atoms. The van der Waals surface area contributed by atoms with E-state index in [9.17, 15) is 4.79 Å². The van der Waals surface area contributed by atoms with Gasteiger partial charge in [-0.1, -0.05) is 19.3 Å². The lowest BCUT2D eigenvalue weighted by Crippen LogP contribution is -2.36. The number of hydrogen-bond acceptors (Lipinski definition) is 4. The van der Waals surface area contributed by atoms with Crippen molar-refractivity contribution in [1.29, 1.82) is 0 Å². The maximum Gasteiger partial charge on any atom is 0.340 e. The van der Waals surface area contributed by atoms with Crippen molar-refractivity contribution in [2.24, 2.45) is 0 Å². The number of carbonyl (C=O) groups is 1. The Bertz CT molecular complexity index is 482. The van der Waals surface area contributed by atoms with Crippen LogP contribution in [0.15, 0.2) is 18.2 Å². The average molecular weight is 290 g/mol. The smallest absolute Gasteiger partial charge is 0.340 e. The SMILES string of the molecule is CCOC(=O)c1cc(N(CC)C2CCCCC2)ccc1N. The summed E-state index contributed by atoms with van der Waals surface area (Å²) in [7, 11) is 0. The van der Waals surface area contributed by atoms with Gasteiger partial charge in [-0.2, -0.15) is 0 Å². The van der Waals surface area contributed by atoms with E-state index < -0.39 is 0 Å². The number of nitrogens with two attached hydrogens (primary N) is 1. The Kier molecular flexibility index (Phi) is 5.48. The fourth-order valence-electron chi connectivity index (χ4n) is 3.15. The van der Waals surface area contributed by atoms with E-state index in [1.54, 1.807) is 6.92 Å². The van der Waals surface area contributed by atoms with Gasteiger partial charge < -0.3 is 15.4 Å². The summed E-state index contributed by atoms with van der Waals surface area (Å²) in [4.78, 5) is 14.4. The van der Waals surface area contributed by atoms with E-state index in [0.29, 0.717) is 23.9 Å². The van der Waals surface area contributed by atoms with Crippen LogP contribution in [0.1, 0.15) is 56.3 Å². The van der Waals surface area contributed by atoms with E-state index in [0.717, 1.165) is 12.2 Å². The average Bonchev–Trinajstić information content (AvgIpc) is 2.51. The molecule has 0 radical (unpaired) electrons. The van der Waals surface area contributed by atoms with Crippen LogP contribution >= 0.6 is 0 Å². The molecule has 0 heterocycles. The molecular formula is C17H26N2O2. The molecule has 0 unspecified atom stereocenters. The van der Waals surface area contributed by atoms with Crippen LogP contribution < -0.4 is 10.6 Å². The Morgan fingerprint density at radius 3 is 2.62 bits per heavy atom. The molecule has 2 rings (SSSR count). The molecule has 1 aliphatic carbocycles. The van der Waals surface area contributed by atoms with Gasteiger partial charge in [-0.25, -0.2) is 4.79 Å². The Morgan fingerprint density at radius 1 is 1.29 bits per heavy atom. The number of anilines is 2. The summed E-state index contributed by atoms with van der Waals surface area (Å²) in [6.45, 7) is 5.27. The highest BCUT2D eigenvalue weighted by Gasteiger charge is 2.21. The van der Waals surface area contributed by atoms with Crippen molar-refractivity contribution in [3.63, 3.8) is 0 Å². The second-order valence-corrected chi connectivity index (χ2v) is 5.57. The number of esters is 1. The normalized spacial score (nSPS) is 15.7. The maximum atomic E-state index is 12.0. The van der Waals surface area contributed by atoms with E-state index in [1.807, 2.05) is 18.2 Å². The van der Waals surface area contributed by atoms with Gasteiger partial charge in [0.1, 0.15) is 0 Å². The van der Waals surface area contributed by atoms with Gasteiger partial charge >= 0.3 is 5.97 Å². The number of nitrogen functional groups attached to an aromatic ring is 1. The third-order valence-corrected chi connectivity index (χ3v) is 4.22. The van der Waals surface area contributed by atoms with Crippen LogP contribution in [0, 0.1) is 0 Å². The summed E-state index contributed by atoms with van der Waals surface area (Å²) in [6.07, 6.45) is 6.38. The Balaban J connectivity index is 2.24. The van der Waals surface area contributed by atoms with E-state index in [4.69, 9.17) is 10.5 Å². The van der Waals surface area contributed by atoms with Crippen molar-refractivity contribution in [2.45, 2.75) is 52.0 Å². The second kappa shape index (κ2) is 7.34. The standard InChI is InChI=1S/C17H26N2O2/c1-3-19(13-8-6-5-7-9-13)14-10-11-16(18)15(12-14)17(20)21-4-2/h10-13H,3-9,18H2,1-2H3. The predicted molar refractivity (Wildman–Crippen MR) is 86.7 cm³/mol. The minimum absolute atomic E-state index is 0.337. The highest BCUT2D eigenvalue weighted by Crippen LogP contribution is 2.29. The van der Waals surface area contributed by atoms with E-state index in [2.05, 4.69) is 11.8 Å². The number of nitrogens with zero attached hydrogens (tertiary/aromatic N) is 1. The largest absolute Gasteiger partial charge is 0.462 e. The summed E-state index contributed by atoms with van der Waals surface area (Å²) < 4.78 is 5.09. The van der Waals surface area contributed by atoms with E-state index in [1.165, 1.54) is 32.1 Å². The number of hydrogen-bond donors (Lipinski definition) is 1. The van der Waals surface area contributed by atoms with Crippen molar-refractivity contribution >= 4 is 17.3 Å². The van der Waals surface area contributed by atoms with Gasteiger partial charge in [-0.3, -0.25) is 0 Å². The minimum Gasteiger partial charge on any atom is -0.462 e. The quantitative estimate of drug-likeness (QED) is 0.665. The monoisotopic (exact) mass is 290 g/mol. The van der Waals surface area contributed by atoms with Crippen molar-refractivity contribution in [1.82, 2.24) is 0 Å². The Labute approximate surface area is 127 Å². The molecular weight excluding hydrogens is 264 g/mol. The molecule has 1 aromatic rings. The first kappa shape index (κ1) is 15.7. The molecule has 116 valence electrons. The fraction of sp³-hybridized carbons (Fsp3) is 0.588. The summed E-state index contributed by atoms with van der Waals surface area (Å²) in [5, 5.41) is 0. The zero-order chi connectivity index (χ0) is 15.2. The van der Waals surface area contributed by atoms with Gasteiger partial charge in [0, 0.05) is 24.0 Å². The molecule has 1 saturated carbocycles. The van der Waals surface area contributed by atoms with Gasteiger partial charge in [0.05, 0.1) is 12.2 Å². The number of carbonyl (C=O) groups excluding carboxylic acids is 1. The lowest BCUT2D eigenvalue weighted by Gasteiger charge is -2.35. The minimum atomic E-state index is -0.337. The molecule has 4 nitrogen and oxygen atoms in total. The molecule has 0 spiro atoms. The first-order chi connectivity index (χ1) is 10.2. The van der Waals surface area contributed by atoms with Crippen LogP contribution in [-0.4, -0.2) is 25.2 Å². The van der Waals surface area contributed by atoms with Gasteiger partial charge in [-0.05, 0) is 44.9 Å². The van der Waals surface area contributed by atoms with E-state index in [-0.39, 0.29) is 5.97 Å². The summed E-state index contributed by atoms with van der Waals surface area (Å²) in [5.74, 6) is -0.337. The second-order valence-electron chi connectivity index (χ2n) is 5.57. The fourth-order valence-corrected chi connectivity index (χ4v) is 3.15. The Hall–Kier alpha value is -1.71. The van der Waals surface area contributed by atoms with Gasteiger partial charge in [0.2, 0.25) is 0 Å². The number of ether oxygens (including phenoxy) is 1. The van der Waals surface area contributed by atoms with Crippen molar-refractivity contribution in [2.75, 3.05) is 23.8 Å². The lowest BCUT2D eigenvalue weighted by atomic mass is 9.93. The summed E-state index contributed by atoms with van der Waals surface area (Å²) in [5.41, 5.74) is 7.95. The summed E-state index contributed by atoms with van der Waals surface area (Å²) in [6, 6.07) is 6.27. The number of benzene rings is 1. The van der Waals surface area contributed by atoms with Crippen molar-refractivity contribution in [3.8, 4) is 0 Å². The van der Waals surface area contributed by atoms with Crippen LogP contribution in [-0.2, 0) is 4.74 Å². The third-order valence-electron chi connectivity index (χ3n) is 4.22. The molecule has 1 fully saturated rings. The van der Waals surface area contributed by atoms with Gasteiger partial charge in [-0.15, -0.1) is 0 Å². The van der Waals surface area contributed by atoms with Gasteiger partial charge in [0.15, 0.2) is 0 Å². The molecule has 4 heteroatoms. The first-order valence-electron chi connectivity index (χ1n) is 8.00. The molecule has 0 aliphatic heterocycles. The molecule has 0 atom stereocenters.